The van der Waals surface area contributed by atoms with Gasteiger partial charge in [0, 0.05) is 30.6 Å². The van der Waals surface area contributed by atoms with Crippen LogP contribution in [0.5, 0.6) is 0 Å². The lowest BCUT2D eigenvalue weighted by atomic mass is 9.93. The lowest BCUT2D eigenvalue weighted by Gasteiger charge is -2.20. The number of aliphatic hydroxyl groups is 1. The highest BCUT2D eigenvalue weighted by molar-refractivity contribution is 5.30. The van der Waals surface area contributed by atoms with Gasteiger partial charge in [-0.3, -0.25) is 0 Å². The molecule has 2 aliphatic rings. The molecule has 1 saturated carbocycles. The van der Waals surface area contributed by atoms with Gasteiger partial charge in [0.05, 0.1) is 12.3 Å². The Balaban J connectivity index is 1.87. The molecule has 1 aliphatic heterocycles. The monoisotopic (exact) mass is 223 g/mol. The maximum absolute atomic E-state index is 9.46. The summed E-state index contributed by atoms with van der Waals surface area (Å²) in [5, 5.41) is 13.6. The van der Waals surface area contributed by atoms with Gasteiger partial charge in [-0.05, 0) is 25.7 Å². The van der Waals surface area contributed by atoms with Crippen LogP contribution in [0.4, 0.5) is 0 Å². The van der Waals surface area contributed by atoms with Crippen molar-refractivity contribution in [2.75, 3.05) is 13.2 Å². The van der Waals surface area contributed by atoms with E-state index in [0.717, 1.165) is 43.1 Å². The van der Waals surface area contributed by atoms with Crippen molar-refractivity contribution >= 4 is 0 Å². The van der Waals surface area contributed by atoms with E-state index in [2.05, 4.69) is 5.16 Å². The first-order valence-corrected chi connectivity index (χ1v) is 6.07. The van der Waals surface area contributed by atoms with E-state index in [0.29, 0.717) is 11.8 Å². The molecule has 2 heterocycles. The number of hydrogen-bond acceptors (Lipinski definition) is 4. The van der Waals surface area contributed by atoms with Crippen molar-refractivity contribution < 1.29 is 14.4 Å². The van der Waals surface area contributed by atoms with Crippen LogP contribution in [0.15, 0.2) is 4.52 Å². The molecule has 0 amide bonds. The zero-order valence-corrected chi connectivity index (χ0v) is 9.32. The first-order valence-electron chi connectivity index (χ1n) is 6.07. The summed E-state index contributed by atoms with van der Waals surface area (Å²) in [6, 6.07) is 0. The van der Waals surface area contributed by atoms with Crippen molar-refractivity contribution in [3.05, 3.63) is 17.0 Å². The first kappa shape index (κ1) is 10.3. The van der Waals surface area contributed by atoms with E-state index >= 15 is 0 Å². The van der Waals surface area contributed by atoms with E-state index in [9.17, 15) is 5.11 Å². The topological polar surface area (TPSA) is 55.5 Å². The average molecular weight is 223 g/mol. The maximum Gasteiger partial charge on any atom is 0.145 e. The molecule has 3 rings (SSSR count). The molecule has 1 aromatic rings. The lowest BCUT2D eigenvalue weighted by Crippen LogP contribution is -2.15. The molecule has 0 bridgehead atoms. The number of nitrogens with zero attached hydrogens (tertiary/aromatic N) is 1. The Hall–Kier alpha value is -0.870. The Morgan fingerprint density at radius 1 is 1.12 bits per heavy atom. The summed E-state index contributed by atoms with van der Waals surface area (Å²) in [5.74, 6) is 1.86. The fourth-order valence-corrected chi connectivity index (χ4v) is 2.45. The number of aliphatic hydroxyl groups excluding tert-OH is 1. The van der Waals surface area contributed by atoms with Crippen LogP contribution in [0.25, 0.3) is 0 Å². The molecule has 16 heavy (non-hydrogen) atoms. The summed E-state index contributed by atoms with van der Waals surface area (Å²) in [7, 11) is 0. The summed E-state index contributed by atoms with van der Waals surface area (Å²) >= 11 is 0. The molecule has 0 spiro atoms. The fourth-order valence-electron chi connectivity index (χ4n) is 2.45. The van der Waals surface area contributed by atoms with E-state index in [-0.39, 0.29) is 6.61 Å². The minimum Gasteiger partial charge on any atom is -0.391 e. The molecule has 1 aliphatic carbocycles. The first-order chi connectivity index (χ1) is 7.90. The highest BCUT2D eigenvalue weighted by Crippen LogP contribution is 2.44. The second kappa shape index (κ2) is 4.18. The van der Waals surface area contributed by atoms with Crippen LogP contribution >= 0.6 is 0 Å². The molecule has 1 N–H and O–H groups in total. The Bertz CT molecular complexity index is 364. The van der Waals surface area contributed by atoms with Crippen molar-refractivity contribution in [3.8, 4) is 0 Å². The Morgan fingerprint density at radius 3 is 2.50 bits per heavy atom. The third-order valence-electron chi connectivity index (χ3n) is 3.56. The van der Waals surface area contributed by atoms with E-state index < -0.39 is 0 Å². The van der Waals surface area contributed by atoms with Gasteiger partial charge >= 0.3 is 0 Å². The van der Waals surface area contributed by atoms with Crippen molar-refractivity contribution in [2.24, 2.45) is 0 Å². The zero-order valence-electron chi connectivity index (χ0n) is 9.32. The molecular formula is C12H17NO3. The molecule has 0 aromatic carbocycles. The predicted octanol–water partition coefficient (Wildman–Crippen LogP) is 1.94. The summed E-state index contributed by atoms with van der Waals surface area (Å²) in [6.07, 6.45) is 4.33. The van der Waals surface area contributed by atoms with Crippen LogP contribution in [0.3, 0.4) is 0 Å². The maximum atomic E-state index is 9.46. The number of aromatic nitrogens is 1. The quantitative estimate of drug-likeness (QED) is 0.850. The summed E-state index contributed by atoms with van der Waals surface area (Å²) in [6.45, 7) is 1.64. The van der Waals surface area contributed by atoms with Crippen molar-refractivity contribution in [3.63, 3.8) is 0 Å². The lowest BCUT2D eigenvalue weighted by molar-refractivity contribution is 0.0834. The Kier molecular flexibility index (Phi) is 2.69. The van der Waals surface area contributed by atoms with Gasteiger partial charge in [-0.2, -0.15) is 0 Å². The Morgan fingerprint density at radius 2 is 1.88 bits per heavy atom. The van der Waals surface area contributed by atoms with Gasteiger partial charge in [-0.1, -0.05) is 5.16 Å². The largest absolute Gasteiger partial charge is 0.391 e. The van der Waals surface area contributed by atoms with Gasteiger partial charge < -0.3 is 14.4 Å². The molecule has 4 nitrogen and oxygen atoms in total. The van der Waals surface area contributed by atoms with Crippen LogP contribution in [0, 0.1) is 0 Å². The third kappa shape index (κ3) is 1.76. The van der Waals surface area contributed by atoms with Gasteiger partial charge in [0.2, 0.25) is 0 Å². The predicted molar refractivity (Wildman–Crippen MR) is 57.2 cm³/mol. The summed E-state index contributed by atoms with van der Waals surface area (Å²) in [5.41, 5.74) is 1.93. The van der Waals surface area contributed by atoms with E-state index in [1.54, 1.807) is 0 Å². The molecule has 2 fully saturated rings. The van der Waals surface area contributed by atoms with Crippen LogP contribution in [0.1, 0.15) is 54.5 Å². The molecule has 88 valence electrons. The highest BCUT2D eigenvalue weighted by atomic mass is 16.5. The van der Waals surface area contributed by atoms with Crippen molar-refractivity contribution in [1.82, 2.24) is 5.16 Å². The normalized spacial score (nSPS) is 22.6. The van der Waals surface area contributed by atoms with Crippen LogP contribution in [0.2, 0.25) is 0 Å². The number of ether oxygens (including phenoxy) is 1. The van der Waals surface area contributed by atoms with E-state index in [4.69, 9.17) is 9.26 Å². The van der Waals surface area contributed by atoms with Gasteiger partial charge in [0.1, 0.15) is 5.76 Å². The van der Waals surface area contributed by atoms with Crippen molar-refractivity contribution in [2.45, 2.75) is 44.1 Å². The second-order valence-electron chi connectivity index (χ2n) is 4.73. The van der Waals surface area contributed by atoms with Gasteiger partial charge in [-0.25, -0.2) is 0 Å². The summed E-state index contributed by atoms with van der Waals surface area (Å²) in [4.78, 5) is 0. The summed E-state index contributed by atoms with van der Waals surface area (Å²) < 4.78 is 10.8. The molecule has 0 radical (unpaired) electrons. The molecule has 1 saturated heterocycles. The minimum atomic E-state index is 0.0576. The van der Waals surface area contributed by atoms with Crippen LogP contribution < -0.4 is 0 Å². The van der Waals surface area contributed by atoms with Gasteiger partial charge in [0.15, 0.2) is 0 Å². The SMILES string of the molecule is OCc1c(C2CCOCC2)noc1C1CC1. The second-order valence-corrected chi connectivity index (χ2v) is 4.73. The molecule has 1 aromatic heterocycles. The van der Waals surface area contributed by atoms with Crippen LogP contribution in [-0.2, 0) is 11.3 Å². The third-order valence-corrected chi connectivity index (χ3v) is 3.56. The van der Waals surface area contributed by atoms with Crippen molar-refractivity contribution in [1.29, 1.82) is 0 Å². The van der Waals surface area contributed by atoms with Crippen LogP contribution in [-0.4, -0.2) is 23.5 Å². The average Bonchev–Trinajstić information content (AvgIpc) is 3.09. The number of hydrogen-bond donors (Lipinski definition) is 1. The molecular weight excluding hydrogens is 206 g/mol. The van der Waals surface area contributed by atoms with Gasteiger partial charge in [-0.15, -0.1) is 0 Å². The van der Waals surface area contributed by atoms with Gasteiger partial charge in [0.25, 0.3) is 0 Å². The van der Waals surface area contributed by atoms with E-state index in [1.165, 1.54) is 12.8 Å². The van der Waals surface area contributed by atoms with E-state index in [1.807, 2.05) is 0 Å². The molecule has 4 heteroatoms. The standard InChI is InChI=1S/C12H17NO3/c14-7-10-11(8-3-5-15-6-4-8)13-16-12(10)9-1-2-9/h8-9,14H,1-7H2. The smallest absolute Gasteiger partial charge is 0.145 e. The Labute approximate surface area is 94.6 Å². The molecule has 0 atom stereocenters. The minimum absolute atomic E-state index is 0.0576. The molecule has 0 unspecified atom stereocenters. The number of rotatable bonds is 3. The zero-order chi connectivity index (χ0) is 11.0. The highest BCUT2D eigenvalue weighted by Gasteiger charge is 2.33. The fraction of sp³-hybridized carbons (Fsp3) is 0.750.